The third-order valence-corrected chi connectivity index (χ3v) is 5.51. The van der Waals surface area contributed by atoms with Crippen molar-refractivity contribution in [3.8, 4) is 6.07 Å². The van der Waals surface area contributed by atoms with Gasteiger partial charge in [0.05, 0.1) is 41.7 Å². The average molecular weight is 512 g/mol. The fourth-order valence-corrected chi connectivity index (χ4v) is 3.69. The van der Waals surface area contributed by atoms with Crippen molar-refractivity contribution < 1.29 is 18.7 Å². The normalized spacial score (nSPS) is 13.0. The van der Waals surface area contributed by atoms with Crippen molar-refractivity contribution in [1.82, 2.24) is 20.1 Å². The minimum atomic E-state index is -0.704. The lowest BCUT2D eigenvalue weighted by molar-refractivity contribution is 0.0488. The molecule has 0 bridgehead atoms. The van der Waals surface area contributed by atoms with Crippen LogP contribution in [0.25, 0.3) is 10.9 Å². The zero-order valence-corrected chi connectivity index (χ0v) is 22.1. The van der Waals surface area contributed by atoms with Crippen LogP contribution < -0.4 is 16.0 Å². The predicted octanol–water partition coefficient (Wildman–Crippen LogP) is 4.94. The largest absolute Gasteiger partial charge is 0.444 e. The average Bonchev–Trinajstić information content (AvgIpc) is 3.26. The van der Waals surface area contributed by atoms with Crippen molar-refractivity contribution in [2.45, 2.75) is 65.8 Å². The number of hydrogen-bond donors (Lipinski definition) is 3. The lowest BCUT2D eigenvalue weighted by Crippen LogP contribution is -2.48. The van der Waals surface area contributed by atoms with Gasteiger partial charge in [-0.2, -0.15) is 10.4 Å². The zero-order valence-electron chi connectivity index (χ0n) is 22.1. The highest BCUT2D eigenvalue weighted by molar-refractivity contribution is 5.93. The number of aromatic nitrogens is 3. The molecule has 0 radical (unpaired) electrons. The Bertz CT molecular complexity index is 1280. The van der Waals surface area contributed by atoms with Crippen molar-refractivity contribution in [3.05, 3.63) is 41.8 Å². The number of carbonyl (C=O) groups is 1. The second kappa shape index (κ2) is 11.9. The van der Waals surface area contributed by atoms with E-state index >= 15 is 4.39 Å². The summed E-state index contributed by atoms with van der Waals surface area (Å²) in [6.45, 7) is 12.2. The Morgan fingerprint density at radius 1 is 1.27 bits per heavy atom. The number of amides is 1. The number of pyridine rings is 1. The second-order valence-corrected chi connectivity index (χ2v) is 9.50. The predicted molar refractivity (Wildman–Crippen MR) is 140 cm³/mol. The van der Waals surface area contributed by atoms with Gasteiger partial charge in [0, 0.05) is 18.5 Å². The third-order valence-electron chi connectivity index (χ3n) is 5.51. The number of nitrogens with one attached hydrogen (secondary N) is 3. The van der Waals surface area contributed by atoms with Crippen LogP contribution in [0.4, 0.5) is 26.5 Å². The monoisotopic (exact) mass is 511 g/mol. The molecule has 0 aliphatic heterocycles. The SMILES string of the molecule is CCOC[C@@H](Nc1nc(Nc2cccc3c2cnn3CC)c(C#N)cc1F)[C@H](C)NC(=O)OC(C)(C)C. The fourth-order valence-electron chi connectivity index (χ4n) is 3.69. The summed E-state index contributed by atoms with van der Waals surface area (Å²) >= 11 is 0. The van der Waals surface area contributed by atoms with Gasteiger partial charge in [-0.25, -0.2) is 14.2 Å². The number of halogens is 1. The number of hydrogen-bond acceptors (Lipinski definition) is 8. The van der Waals surface area contributed by atoms with Gasteiger partial charge in [0.2, 0.25) is 0 Å². The van der Waals surface area contributed by atoms with Crippen LogP contribution in [-0.4, -0.2) is 51.8 Å². The molecule has 0 fully saturated rings. The lowest BCUT2D eigenvalue weighted by atomic mass is 10.1. The van der Waals surface area contributed by atoms with E-state index in [0.717, 1.165) is 17.0 Å². The number of alkyl carbamates (subject to hydrolysis) is 1. The molecule has 2 heterocycles. The molecule has 3 aromatic rings. The van der Waals surface area contributed by atoms with Gasteiger partial charge >= 0.3 is 6.09 Å². The summed E-state index contributed by atoms with van der Waals surface area (Å²) < 4.78 is 27.8. The molecule has 0 saturated carbocycles. The molecular formula is C26H34FN7O3. The summed E-state index contributed by atoms with van der Waals surface area (Å²) in [5, 5.41) is 23.8. The Kier molecular flexibility index (Phi) is 8.89. The van der Waals surface area contributed by atoms with Crippen LogP contribution in [0.3, 0.4) is 0 Å². The first-order valence-electron chi connectivity index (χ1n) is 12.2. The summed E-state index contributed by atoms with van der Waals surface area (Å²) in [7, 11) is 0. The van der Waals surface area contributed by atoms with E-state index in [-0.39, 0.29) is 23.8 Å². The first kappa shape index (κ1) is 27.7. The van der Waals surface area contributed by atoms with Crippen LogP contribution >= 0.6 is 0 Å². The highest BCUT2D eigenvalue weighted by Gasteiger charge is 2.25. The van der Waals surface area contributed by atoms with Gasteiger partial charge in [-0.3, -0.25) is 4.68 Å². The maximum Gasteiger partial charge on any atom is 0.407 e. The smallest absolute Gasteiger partial charge is 0.407 e. The van der Waals surface area contributed by atoms with Gasteiger partial charge in [0.15, 0.2) is 17.5 Å². The molecule has 0 saturated heterocycles. The van der Waals surface area contributed by atoms with Crippen molar-refractivity contribution >= 4 is 34.3 Å². The quantitative estimate of drug-likeness (QED) is 0.350. The summed E-state index contributed by atoms with van der Waals surface area (Å²) in [5.74, 6) is -0.600. The minimum Gasteiger partial charge on any atom is -0.444 e. The summed E-state index contributed by atoms with van der Waals surface area (Å²) in [6.07, 6.45) is 1.14. The molecule has 2 aromatic heterocycles. The Morgan fingerprint density at radius 2 is 2.03 bits per heavy atom. The molecule has 198 valence electrons. The Balaban J connectivity index is 1.89. The molecule has 10 nitrogen and oxygen atoms in total. The number of aryl methyl sites for hydroxylation is 1. The molecule has 3 N–H and O–H groups in total. The maximum atomic E-state index is 15.0. The van der Waals surface area contributed by atoms with Gasteiger partial charge in [0.1, 0.15) is 11.7 Å². The van der Waals surface area contributed by atoms with E-state index in [0.29, 0.717) is 18.8 Å². The zero-order chi connectivity index (χ0) is 27.2. The molecule has 37 heavy (non-hydrogen) atoms. The van der Waals surface area contributed by atoms with E-state index in [9.17, 15) is 10.1 Å². The molecular weight excluding hydrogens is 477 g/mol. The van der Waals surface area contributed by atoms with Crippen LogP contribution in [0, 0.1) is 17.1 Å². The highest BCUT2D eigenvalue weighted by atomic mass is 19.1. The molecule has 3 rings (SSSR count). The number of anilines is 3. The minimum absolute atomic E-state index is 0.0456. The van der Waals surface area contributed by atoms with Gasteiger partial charge in [0.25, 0.3) is 0 Å². The summed E-state index contributed by atoms with van der Waals surface area (Å²) in [6, 6.07) is 7.74. The maximum absolute atomic E-state index is 15.0. The Morgan fingerprint density at radius 3 is 2.68 bits per heavy atom. The summed E-state index contributed by atoms with van der Waals surface area (Å²) in [5.41, 5.74) is 0.990. The van der Waals surface area contributed by atoms with E-state index in [1.54, 1.807) is 33.9 Å². The molecule has 2 atom stereocenters. The van der Waals surface area contributed by atoms with Crippen LogP contribution in [0.2, 0.25) is 0 Å². The van der Waals surface area contributed by atoms with Crippen molar-refractivity contribution in [1.29, 1.82) is 5.26 Å². The first-order chi connectivity index (χ1) is 17.6. The number of ether oxygens (including phenoxy) is 2. The van der Waals surface area contributed by atoms with E-state index in [4.69, 9.17) is 9.47 Å². The molecule has 0 spiro atoms. The van der Waals surface area contributed by atoms with Gasteiger partial charge in [-0.15, -0.1) is 0 Å². The molecule has 1 aromatic carbocycles. The van der Waals surface area contributed by atoms with E-state index in [2.05, 4.69) is 26.0 Å². The van der Waals surface area contributed by atoms with Gasteiger partial charge in [-0.1, -0.05) is 6.07 Å². The lowest BCUT2D eigenvalue weighted by Gasteiger charge is -2.28. The molecule has 1 amide bonds. The standard InChI is InChI=1S/C26H34FN7O3/c1-7-34-22-11-9-10-20(18(22)14-29-34)31-23-17(13-28)12-19(27)24(33-23)32-21(15-36-8-2)16(3)30-25(35)37-26(4,5)6/h9-12,14,16,21H,7-8,15H2,1-6H3,(H,30,35)(H2,31,32,33)/t16-,21+/m0/s1. The number of benzene rings is 1. The van der Waals surface area contributed by atoms with Gasteiger partial charge in [-0.05, 0) is 59.7 Å². The third kappa shape index (κ3) is 7.07. The van der Waals surface area contributed by atoms with E-state index < -0.39 is 29.6 Å². The van der Waals surface area contributed by atoms with Crippen LogP contribution in [-0.2, 0) is 16.0 Å². The number of nitrogens with zero attached hydrogens (tertiary/aromatic N) is 4. The van der Waals surface area contributed by atoms with Crippen molar-refractivity contribution in [2.24, 2.45) is 0 Å². The Labute approximate surface area is 216 Å². The number of nitriles is 1. The van der Waals surface area contributed by atoms with Gasteiger partial charge < -0.3 is 25.4 Å². The van der Waals surface area contributed by atoms with E-state index in [1.807, 2.05) is 42.8 Å². The molecule has 0 aliphatic rings. The van der Waals surface area contributed by atoms with Crippen LogP contribution in [0.15, 0.2) is 30.5 Å². The molecule has 0 aliphatic carbocycles. The fraction of sp³-hybridized carbons (Fsp3) is 0.462. The second-order valence-electron chi connectivity index (χ2n) is 9.50. The van der Waals surface area contributed by atoms with Crippen molar-refractivity contribution in [3.63, 3.8) is 0 Å². The first-order valence-corrected chi connectivity index (χ1v) is 12.2. The number of fused-ring (bicyclic) bond motifs is 1. The van der Waals surface area contributed by atoms with Crippen molar-refractivity contribution in [2.75, 3.05) is 23.8 Å². The highest BCUT2D eigenvalue weighted by Crippen LogP contribution is 2.29. The Hall–Kier alpha value is -3.91. The summed E-state index contributed by atoms with van der Waals surface area (Å²) in [4.78, 5) is 16.7. The number of carbonyl (C=O) groups excluding carboxylic acids is 1. The number of rotatable bonds is 10. The van der Waals surface area contributed by atoms with Crippen LogP contribution in [0.5, 0.6) is 0 Å². The molecule has 0 unspecified atom stereocenters. The van der Waals surface area contributed by atoms with E-state index in [1.165, 1.54) is 0 Å². The topological polar surface area (TPSA) is 126 Å². The molecule has 11 heteroatoms. The van der Waals surface area contributed by atoms with Crippen LogP contribution in [0.1, 0.15) is 47.1 Å².